The molecule has 6 nitrogen and oxygen atoms in total. The first-order valence-electron chi connectivity index (χ1n) is 9.06. The van der Waals surface area contributed by atoms with Gasteiger partial charge >= 0.3 is 0 Å². The van der Waals surface area contributed by atoms with Gasteiger partial charge in [-0.25, -0.2) is 9.50 Å². The molecule has 3 aromatic rings. The summed E-state index contributed by atoms with van der Waals surface area (Å²) in [4.78, 5) is 4.53. The minimum Gasteiger partial charge on any atom is -0.490 e. The fraction of sp³-hybridized carbons (Fsp3) is 0.381. The van der Waals surface area contributed by atoms with Crippen molar-refractivity contribution in [2.24, 2.45) is 11.7 Å². The van der Waals surface area contributed by atoms with Crippen LogP contribution < -0.4 is 10.5 Å². The Hall–Kier alpha value is -2.91. The van der Waals surface area contributed by atoms with Crippen LogP contribution in [0, 0.1) is 24.2 Å². The number of imidazole rings is 1. The molecule has 3 rings (SSSR count). The van der Waals surface area contributed by atoms with E-state index in [2.05, 4.69) is 30.0 Å². The summed E-state index contributed by atoms with van der Waals surface area (Å²) in [5.74, 6) is 1.03. The van der Waals surface area contributed by atoms with Gasteiger partial charge in [0, 0.05) is 17.3 Å². The van der Waals surface area contributed by atoms with Gasteiger partial charge in [0.25, 0.3) is 0 Å². The Bertz CT molecular complexity index is 997. The molecule has 0 saturated carbocycles. The topological polar surface area (TPSA) is 89.2 Å². The lowest BCUT2D eigenvalue weighted by atomic mass is 9.93. The fourth-order valence-electron chi connectivity index (χ4n) is 3.38. The third-order valence-corrected chi connectivity index (χ3v) is 4.32. The molecule has 2 heterocycles. The molecule has 1 atom stereocenters. The van der Waals surface area contributed by atoms with E-state index in [-0.39, 0.29) is 0 Å². The second-order valence-corrected chi connectivity index (χ2v) is 7.76. The van der Waals surface area contributed by atoms with E-state index in [1.54, 1.807) is 10.7 Å². The van der Waals surface area contributed by atoms with Crippen LogP contribution in [-0.4, -0.2) is 26.7 Å². The second kappa shape index (κ2) is 7.37. The van der Waals surface area contributed by atoms with Crippen molar-refractivity contribution in [3.8, 4) is 22.9 Å². The summed E-state index contributed by atoms with van der Waals surface area (Å²) in [6.45, 7) is 8.53. The Morgan fingerprint density at radius 1 is 1.33 bits per heavy atom. The first kappa shape index (κ1) is 18.9. The lowest BCUT2D eigenvalue weighted by Gasteiger charge is -2.26. The van der Waals surface area contributed by atoms with Crippen molar-refractivity contribution in [2.75, 3.05) is 6.61 Å². The highest BCUT2D eigenvalue weighted by molar-refractivity contribution is 5.78. The monoisotopic (exact) mass is 363 g/mol. The van der Waals surface area contributed by atoms with Crippen LogP contribution in [0.25, 0.3) is 16.8 Å². The standard InChI is InChI=1S/C21H25N5O/c1-14(2)10-21(4,23)13-27-19-6-5-16(9-17(19)11-22)18-7-8-24-26-12-15(3)25-20(18)26/h5-9,12,14H,10,13,23H2,1-4H3/t21-/m0/s1. The third-order valence-electron chi connectivity index (χ3n) is 4.32. The van der Waals surface area contributed by atoms with Crippen molar-refractivity contribution in [1.82, 2.24) is 14.6 Å². The number of aryl methyl sites for hydroxylation is 1. The maximum absolute atomic E-state index is 9.59. The van der Waals surface area contributed by atoms with Crippen LogP contribution in [0.5, 0.6) is 5.75 Å². The van der Waals surface area contributed by atoms with E-state index in [0.29, 0.717) is 23.8 Å². The number of fused-ring (bicyclic) bond motifs is 1. The highest BCUT2D eigenvalue weighted by atomic mass is 16.5. The Morgan fingerprint density at radius 2 is 2.11 bits per heavy atom. The van der Waals surface area contributed by atoms with Crippen LogP contribution in [-0.2, 0) is 0 Å². The van der Waals surface area contributed by atoms with Crippen molar-refractivity contribution in [2.45, 2.75) is 39.7 Å². The molecule has 0 amide bonds. The molecule has 6 heteroatoms. The summed E-state index contributed by atoms with van der Waals surface area (Å²) in [5, 5.41) is 13.9. The number of hydrogen-bond acceptors (Lipinski definition) is 5. The highest BCUT2D eigenvalue weighted by Gasteiger charge is 2.22. The third kappa shape index (κ3) is 4.26. The molecule has 0 aliphatic rings. The van der Waals surface area contributed by atoms with Gasteiger partial charge in [-0.1, -0.05) is 19.9 Å². The molecule has 0 spiro atoms. The van der Waals surface area contributed by atoms with Gasteiger partial charge < -0.3 is 10.5 Å². The van der Waals surface area contributed by atoms with Gasteiger partial charge in [0.1, 0.15) is 18.4 Å². The first-order chi connectivity index (χ1) is 12.8. The van der Waals surface area contributed by atoms with Crippen molar-refractivity contribution < 1.29 is 4.74 Å². The molecule has 0 aliphatic heterocycles. The van der Waals surface area contributed by atoms with E-state index in [0.717, 1.165) is 28.9 Å². The van der Waals surface area contributed by atoms with E-state index in [1.807, 2.05) is 44.3 Å². The molecule has 0 fully saturated rings. The van der Waals surface area contributed by atoms with Crippen LogP contribution >= 0.6 is 0 Å². The van der Waals surface area contributed by atoms with Crippen LogP contribution in [0.15, 0.2) is 36.7 Å². The van der Waals surface area contributed by atoms with Gasteiger partial charge in [0.05, 0.1) is 17.5 Å². The van der Waals surface area contributed by atoms with E-state index < -0.39 is 5.54 Å². The van der Waals surface area contributed by atoms with Gasteiger partial charge in [-0.2, -0.15) is 10.4 Å². The molecular formula is C21H25N5O. The largest absolute Gasteiger partial charge is 0.490 e. The predicted molar refractivity (Wildman–Crippen MR) is 105 cm³/mol. The van der Waals surface area contributed by atoms with E-state index >= 15 is 0 Å². The van der Waals surface area contributed by atoms with Gasteiger partial charge in [-0.3, -0.25) is 0 Å². The Balaban J connectivity index is 1.89. The van der Waals surface area contributed by atoms with Crippen LogP contribution in [0.4, 0.5) is 0 Å². The zero-order chi connectivity index (χ0) is 19.6. The Labute approximate surface area is 159 Å². The van der Waals surface area contributed by atoms with Gasteiger partial charge in [0.15, 0.2) is 5.65 Å². The SMILES string of the molecule is Cc1cn2nccc(-c3ccc(OC[C@@](C)(N)CC(C)C)c(C#N)c3)c2n1. The minimum atomic E-state index is -0.440. The normalized spacial score (nSPS) is 13.5. The average Bonchev–Trinajstić information content (AvgIpc) is 2.99. The zero-order valence-electron chi connectivity index (χ0n) is 16.2. The second-order valence-electron chi connectivity index (χ2n) is 7.76. The smallest absolute Gasteiger partial charge is 0.161 e. The maximum Gasteiger partial charge on any atom is 0.161 e. The number of nitrogens with two attached hydrogens (primary N) is 1. The Kier molecular flexibility index (Phi) is 5.15. The van der Waals surface area contributed by atoms with Crippen LogP contribution in [0.1, 0.15) is 38.4 Å². The van der Waals surface area contributed by atoms with Crippen molar-refractivity contribution in [3.05, 3.63) is 47.9 Å². The summed E-state index contributed by atoms with van der Waals surface area (Å²) >= 11 is 0. The van der Waals surface area contributed by atoms with Crippen LogP contribution in [0.3, 0.4) is 0 Å². The lowest BCUT2D eigenvalue weighted by Crippen LogP contribution is -2.43. The summed E-state index contributed by atoms with van der Waals surface area (Å²) in [5.41, 5.74) is 9.83. The molecule has 0 radical (unpaired) electrons. The quantitative estimate of drug-likeness (QED) is 0.721. The van der Waals surface area contributed by atoms with Gasteiger partial charge in [-0.05, 0) is 49.9 Å². The van der Waals surface area contributed by atoms with E-state index in [9.17, 15) is 5.26 Å². The molecular weight excluding hydrogens is 338 g/mol. The molecule has 0 unspecified atom stereocenters. The molecule has 1 aromatic carbocycles. The number of nitrogens with zero attached hydrogens (tertiary/aromatic N) is 4. The number of nitriles is 1. The zero-order valence-corrected chi connectivity index (χ0v) is 16.2. The minimum absolute atomic E-state index is 0.359. The number of hydrogen-bond donors (Lipinski definition) is 1. The predicted octanol–water partition coefficient (Wildman–Crippen LogP) is 3.72. The number of aromatic nitrogens is 3. The summed E-state index contributed by atoms with van der Waals surface area (Å²) in [6.07, 6.45) is 4.45. The number of rotatable bonds is 6. The molecule has 0 saturated heterocycles. The molecule has 140 valence electrons. The maximum atomic E-state index is 9.59. The molecule has 2 N–H and O–H groups in total. The summed E-state index contributed by atoms with van der Waals surface area (Å²) in [7, 11) is 0. The van der Waals surface area contributed by atoms with E-state index in [4.69, 9.17) is 10.5 Å². The van der Waals surface area contributed by atoms with Crippen molar-refractivity contribution in [3.63, 3.8) is 0 Å². The summed E-state index contributed by atoms with van der Waals surface area (Å²) in [6, 6.07) is 9.71. The highest BCUT2D eigenvalue weighted by Crippen LogP contribution is 2.29. The number of ether oxygens (including phenoxy) is 1. The molecule has 0 bridgehead atoms. The van der Waals surface area contributed by atoms with Crippen molar-refractivity contribution in [1.29, 1.82) is 5.26 Å². The van der Waals surface area contributed by atoms with Gasteiger partial charge in [0.2, 0.25) is 0 Å². The molecule has 0 aliphatic carbocycles. The molecule has 2 aromatic heterocycles. The number of benzene rings is 1. The van der Waals surface area contributed by atoms with E-state index in [1.165, 1.54) is 0 Å². The molecule has 27 heavy (non-hydrogen) atoms. The summed E-state index contributed by atoms with van der Waals surface area (Å²) < 4.78 is 7.64. The Morgan fingerprint density at radius 3 is 2.81 bits per heavy atom. The fourth-order valence-corrected chi connectivity index (χ4v) is 3.38. The van der Waals surface area contributed by atoms with Crippen LogP contribution in [0.2, 0.25) is 0 Å². The van der Waals surface area contributed by atoms with Crippen molar-refractivity contribution >= 4 is 5.65 Å². The lowest BCUT2D eigenvalue weighted by molar-refractivity contribution is 0.206. The van der Waals surface area contributed by atoms with Gasteiger partial charge in [-0.15, -0.1) is 0 Å². The average molecular weight is 363 g/mol. The first-order valence-corrected chi connectivity index (χ1v) is 9.06.